The van der Waals surface area contributed by atoms with Crippen molar-refractivity contribution in [3.8, 4) is 0 Å². The average molecular weight is 217 g/mol. The molecule has 1 aliphatic carbocycles. The highest BCUT2D eigenvalue weighted by molar-refractivity contribution is 7.91. The molecule has 1 aliphatic heterocycles. The lowest BCUT2D eigenvalue weighted by molar-refractivity contribution is 0.600. The summed E-state index contributed by atoms with van der Waals surface area (Å²) in [6.07, 6.45) is 2.85. The zero-order valence-corrected chi connectivity index (χ0v) is 8.76. The SMILES string of the molecule is NC(=NC1CC1)NC1CCS(=O)(=O)C1. The predicted molar refractivity (Wildman–Crippen MR) is 54.8 cm³/mol. The summed E-state index contributed by atoms with van der Waals surface area (Å²) in [6, 6.07) is 0.336. The summed E-state index contributed by atoms with van der Waals surface area (Å²) in [7, 11) is -2.83. The normalized spacial score (nSPS) is 31.7. The van der Waals surface area contributed by atoms with Crippen LogP contribution in [0.1, 0.15) is 19.3 Å². The first-order valence-corrected chi connectivity index (χ1v) is 6.67. The van der Waals surface area contributed by atoms with Crippen molar-refractivity contribution in [1.82, 2.24) is 5.32 Å². The van der Waals surface area contributed by atoms with Gasteiger partial charge in [-0.15, -0.1) is 0 Å². The molecule has 5 nitrogen and oxygen atoms in total. The number of nitrogens with one attached hydrogen (secondary N) is 1. The summed E-state index contributed by atoms with van der Waals surface area (Å²) < 4.78 is 22.3. The zero-order valence-electron chi connectivity index (χ0n) is 7.94. The van der Waals surface area contributed by atoms with Gasteiger partial charge in [0.2, 0.25) is 0 Å². The van der Waals surface area contributed by atoms with Crippen molar-refractivity contribution >= 4 is 15.8 Å². The lowest BCUT2D eigenvalue weighted by Gasteiger charge is -2.10. The van der Waals surface area contributed by atoms with E-state index in [-0.39, 0.29) is 17.5 Å². The highest BCUT2D eigenvalue weighted by atomic mass is 32.2. The van der Waals surface area contributed by atoms with E-state index in [2.05, 4.69) is 10.3 Å². The largest absolute Gasteiger partial charge is 0.370 e. The number of sulfone groups is 1. The third kappa shape index (κ3) is 2.60. The second kappa shape index (κ2) is 3.42. The molecule has 0 aromatic carbocycles. The summed E-state index contributed by atoms with van der Waals surface area (Å²) in [6.45, 7) is 0. The molecule has 1 saturated heterocycles. The van der Waals surface area contributed by atoms with Gasteiger partial charge in [0.25, 0.3) is 0 Å². The maximum absolute atomic E-state index is 11.1. The molecule has 0 aromatic rings. The van der Waals surface area contributed by atoms with Crippen LogP contribution in [0.25, 0.3) is 0 Å². The molecule has 2 rings (SSSR count). The first kappa shape index (κ1) is 9.76. The van der Waals surface area contributed by atoms with Gasteiger partial charge < -0.3 is 11.1 Å². The Morgan fingerprint density at radius 2 is 2.07 bits per heavy atom. The van der Waals surface area contributed by atoms with Crippen molar-refractivity contribution in [2.75, 3.05) is 11.5 Å². The van der Waals surface area contributed by atoms with Crippen LogP contribution < -0.4 is 11.1 Å². The van der Waals surface area contributed by atoms with Crippen LogP contribution in [0, 0.1) is 0 Å². The van der Waals surface area contributed by atoms with Gasteiger partial charge in [-0.05, 0) is 19.3 Å². The molecule has 80 valence electrons. The van der Waals surface area contributed by atoms with Crippen molar-refractivity contribution < 1.29 is 8.42 Å². The fraction of sp³-hybridized carbons (Fsp3) is 0.875. The van der Waals surface area contributed by atoms with Crippen molar-refractivity contribution in [1.29, 1.82) is 0 Å². The van der Waals surface area contributed by atoms with E-state index in [1.807, 2.05) is 0 Å². The number of hydrogen-bond acceptors (Lipinski definition) is 3. The highest BCUT2D eigenvalue weighted by Crippen LogP contribution is 2.23. The second-order valence-corrected chi connectivity index (χ2v) is 6.22. The number of nitrogens with zero attached hydrogens (tertiary/aromatic N) is 1. The third-order valence-corrected chi connectivity index (χ3v) is 4.22. The van der Waals surface area contributed by atoms with Gasteiger partial charge in [0.15, 0.2) is 15.8 Å². The van der Waals surface area contributed by atoms with Crippen LogP contribution in [0.3, 0.4) is 0 Å². The Hall–Kier alpha value is -0.780. The van der Waals surface area contributed by atoms with Crippen LogP contribution in [0.2, 0.25) is 0 Å². The van der Waals surface area contributed by atoms with Crippen molar-refractivity contribution in [2.45, 2.75) is 31.3 Å². The van der Waals surface area contributed by atoms with Gasteiger partial charge in [-0.25, -0.2) is 8.42 Å². The van der Waals surface area contributed by atoms with Crippen molar-refractivity contribution in [3.05, 3.63) is 0 Å². The molecule has 0 spiro atoms. The van der Waals surface area contributed by atoms with Crippen LogP contribution in [-0.2, 0) is 9.84 Å². The quantitative estimate of drug-likeness (QED) is 0.470. The van der Waals surface area contributed by atoms with Crippen LogP contribution >= 0.6 is 0 Å². The fourth-order valence-corrected chi connectivity index (χ4v) is 3.23. The molecule has 3 N–H and O–H groups in total. The number of rotatable bonds is 2. The summed E-state index contributed by atoms with van der Waals surface area (Å²) in [5, 5.41) is 2.95. The summed E-state index contributed by atoms with van der Waals surface area (Å²) in [5.41, 5.74) is 5.63. The Morgan fingerprint density at radius 1 is 1.36 bits per heavy atom. The third-order valence-electron chi connectivity index (χ3n) is 2.45. The molecular weight excluding hydrogens is 202 g/mol. The topological polar surface area (TPSA) is 84.5 Å². The zero-order chi connectivity index (χ0) is 10.2. The number of aliphatic imine (C=N–C) groups is 1. The van der Waals surface area contributed by atoms with Gasteiger partial charge in [0, 0.05) is 6.04 Å². The summed E-state index contributed by atoms with van der Waals surface area (Å²) in [5.74, 6) is 0.851. The van der Waals surface area contributed by atoms with E-state index in [4.69, 9.17) is 5.73 Å². The molecule has 14 heavy (non-hydrogen) atoms. The van der Waals surface area contributed by atoms with Crippen molar-refractivity contribution in [2.24, 2.45) is 10.7 Å². The van der Waals surface area contributed by atoms with Crippen LogP contribution in [-0.4, -0.2) is 38.0 Å². The monoisotopic (exact) mass is 217 g/mol. The number of guanidine groups is 1. The van der Waals surface area contributed by atoms with E-state index >= 15 is 0 Å². The maximum atomic E-state index is 11.1. The average Bonchev–Trinajstić information content (AvgIpc) is 2.78. The van der Waals surface area contributed by atoms with Gasteiger partial charge in [0.05, 0.1) is 17.5 Å². The van der Waals surface area contributed by atoms with Crippen LogP contribution in [0.15, 0.2) is 4.99 Å². The summed E-state index contributed by atoms with van der Waals surface area (Å²) >= 11 is 0. The Bertz CT molecular complexity index is 346. The lowest BCUT2D eigenvalue weighted by atomic mass is 10.3. The van der Waals surface area contributed by atoms with Gasteiger partial charge in [-0.2, -0.15) is 0 Å². The Kier molecular flexibility index (Phi) is 2.38. The molecular formula is C8H15N3O2S. The molecule has 0 aromatic heterocycles. The minimum absolute atomic E-state index is 0.0394. The van der Waals surface area contributed by atoms with Gasteiger partial charge in [0.1, 0.15) is 0 Å². The van der Waals surface area contributed by atoms with E-state index in [1.165, 1.54) is 0 Å². The number of hydrogen-bond donors (Lipinski definition) is 2. The minimum Gasteiger partial charge on any atom is -0.370 e. The second-order valence-electron chi connectivity index (χ2n) is 3.99. The molecule has 1 saturated carbocycles. The number of nitrogens with two attached hydrogens (primary N) is 1. The lowest BCUT2D eigenvalue weighted by Crippen LogP contribution is -2.40. The van der Waals surface area contributed by atoms with Gasteiger partial charge >= 0.3 is 0 Å². The Balaban J connectivity index is 1.86. The molecule has 2 fully saturated rings. The van der Waals surface area contributed by atoms with E-state index < -0.39 is 9.84 Å². The minimum atomic E-state index is -2.83. The first-order chi connectivity index (χ1) is 6.55. The molecule has 2 aliphatic rings. The molecule has 0 bridgehead atoms. The fourth-order valence-electron chi connectivity index (χ4n) is 1.56. The summed E-state index contributed by atoms with van der Waals surface area (Å²) in [4.78, 5) is 4.19. The highest BCUT2D eigenvalue weighted by Gasteiger charge is 2.28. The first-order valence-electron chi connectivity index (χ1n) is 4.85. The molecule has 6 heteroatoms. The molecule has 1 heterocycles. The van der Waals surface area contributed by atoms with Crippen molar-refractivity contribution in [3.63, 3.8) is 0 Å². The Labute approximate surface area is 83.7 Å². The Morgan fingerprint density at radius 3 is 2.57 bits per heavy atom. The molecule has 0 amide bonds. The smallest absolute Gasteiger partial charge is 0.189 e. The molecule has 1 unspecified atom stereocenters. The van der Waals surface area contributed by atoms with Gasteiger partial charge in [-0.1, -0.05) is 0 Å². The molecule has 0 radical (unpaired) electrons. The van der Waals surface area contributed by atoms with E-state index in [0.29, 0.717) is 18.4 Å². The standard InChI is InChI=1S/C8H15N3O2S/c9-8(10-6-1-2-6)11-7-3-4-14(12,13)5-7/h6-7H,1-5H2,(H3,9,10,11). The van der Waals surface area contributed by atoms with Gasteiger partial charge in [-0.3, -0.25) is 4.99 Å². The maximum Gasteiger partial charge on any atom is 0.189 e. The predicted octanol–water partition coefficient (Wildman–Crippen LogP) is -0.760. The van der Waals surface area contributed by atoms with Crippen LogP contribution in [0.5, 0.6) is 0 Å². The molecule has 1 atom stereocenters. The van der Waals surface area contributed by atoms with E-state index in [0.717, 1.165) is 12.8 Å². The van der Waals surface area contributed by atoms with Crippen LogP contribution in [0.4, 0.5) is 0 Å². The van der Waals surface area contributed by atoms with E-state index in [1.54, 1.807) is 0 Å². The van der Waals surface area contributed by atoms with E-state index in [9.17, 15) is 8.42 Å².